The Morgan fingerprint density at radius 2 is 1.68 bits per heavy atom. The van der Waals surface area contributed by atoms with Crippen molar-refractivity contribution in [3.8, 4) is 6.07 Å². The second-order valence-electron chi connectivity index (χ2n) is 9.95. The van der Waals surface area contributed by atoms with Gasteiger partial charge in [0.25, 0.3) is 5.91 Å². The molecule has 2 N–H and O–H groups in total. The van der Waals surface area contributed by atoms with E-state index >= 15 is 0 Å². The van der Waals surface area contributed by atoms with Gasteiger partial charge in [-0.15, -0.1) is 10.8 Å². The molecule has 8 heteroatoms. The fraction of sp³-hybridized carbons (Fsp3) is 0.423. The third-order valence-corrected chi connectivity index (χ3v) is 8.70. The monoisotopic (exact) mass is 480 g/mol. The van der Waals surface area contributed by atoms with Gasteiger partial charge in [0.1, 0.15) is 11.0 Å². The molecule has 0 spiro atoms. The maximum Gasteiger partial charge on any atom is 0.288 e. The zero-order valence-corrected chi connectivity index (χ0v) is 20.7. The number of benzene rings is 2. The Hall–Kier alpha value is -2.70. The van der Waals surface area contributed by atoms with Crippen LogP contribution in [0.1, 0.15) is 55.6 Å². The summed E-state index contributed by atoms with van der Waals surface area (Å²) in [5.41, 5.74) is 2.02. The lowest BCUT2D eigenvalue weighted by molar-refractivity contribution is -0.122. The summed E-state index contributed by atoms with van der Waals surface area (Å²) in [7, 11) is -3.43. The maximum absolute atomic E-state index is 13.4. The lowest BCUT2D eigenvalue weighted by Crippen LogP contribution is -2.44. The van der Waals surface area contributed by atoms with Crippen LogP contribution < -0.4 is 0 Å². The lowest BCUT2D eigenvalue weighted by Gasteiger charge is -2.46. The first kappa shape index (κ1) is 24.4. The van der Waals surface area contributed by atoms with Crippen molar-refractivity contribution in [3.63, 3.8) is 0 Å². The van der Waals surface area contributed by atoms with Crippen LogP contribution in [-0.2, 0) is 11.3 Å². The molecule has 180 valence electrons. The molecule has 0 radical (unpaired) electrons. The smallest absolute Gasteiger partial charge is 0.288 e. The average Bonchev–Trinajstić information content (AvgIpc) is 3.00. The molecule has 2 fully saturated rings. The Balaban J connectivity index is 1.53. The Bertz CT molecular complexity index is 1100. The predicted molar refractivity (Wildman–Crippen MR) is 136 cm³/mol. The first-order valence-corrected chi connectivity index (χ1v) is 13.1. The number of aliphatic imine (C=N–C) groups is 1. The summed E-state index contributed by atoms with van der Waals surface area (Å²) in [4.78, 5) is 20.7. The van der Waals surface area contributed by atoms with Crippen molar-refractivity contribution in [2.24, 2.45) is 4.99 Å². The van der Waals surface area contributed by atoms with Gasteiger partial charge >= 0.3 is 0 Å². The van der Waals surface area contributed by atoms with Gasteiger partial charge in [0.05, 0.1) is 23.2 Å². The molecule has 2 aliphatic heterocycles. The number of piperidine rings is 1. The quantitative estimate of drug-likeness (QED) is 0.641. The van der Waals surface area contributed by atoms with Crippen molar-refractivity contribution in [1.82, 2.24) is 9.21 Å². The van der Waals surface area contributed by atoms with Crippen LogP contribution in [0.5, 0.6) is 0 Å². The average molecular weight is 481 g/mol. The third-order valence-electron chi connectivity index (χ3n) is 6.32. The molecular formula is C26H32N4O3S. The molecule has 2 heterocycles. The highest BCUT2D eigenvalue weighted by atomic mass is 32.3. The van der Waals surface area contributed by atoms with E-state index in [9.17, 15) is 13.9 Å². The Labute approximate surface area is 203 Å². The van der Waals surface area contributed by atoms with E-state index in [0.717, 1.165) is 38.0 Å². The molecular weight excluding hydrogens is 448 g/mol. The zero-order valence-electron chi connectivity index (χ0n) is 19.9. The van der Waals surface area contributed by atoms with Crippen molar-refractivity contribution in [2.45, 2.75) is 57.0 Å². The van der Waals surface area contributed by atoms with Gasteiger partial charge in [0, 0.05) is 19.6 Å². The topological polar surface area (TPSA) is 100 Å². The molecule has 2 aliphatic rings. The summed E-state index contributed by atoms with van der Waals surface area (Å²) in [6.07, 6.45) is 1.59. The Kier molecular flexibility index (Phi) is 6.83. The van der Waals surface area contributed by atoms with Gasteiger partial charge in [0.15, 0.2) is 0 Å². The minimum Gasteiger partial charge on any atom is -0.299 e. The van der Waals surface area contributed by atoms with E-state index in [2.05, 4.69) is 11.0 Å². The van der Waals surface area contributed by atoms with E-state index in [-0.39, 0.29) is 17.7 Å². The molecule has 0 saturated carbocycles. The highest BCUT2D eigenvalue weighted by Gasteiger charge is 2.54. The van der Waals surface area contributed by atoms with E-state index in [4.69, 9.17) is 10.3 Å². The molecule has 1 atom stereocenters. The van der Waals surface area contributed by atoms with Crippen molar-refractivity contribution in [1.29, 1.82) is 5.26 Å². The van der Waals surface area contributed by atoms with Crippen LogP contribution in [0.25, 0.3) is 0 Å². The summed E-state index contributed by atoms with van der Waals surface area (Å²) in [5.74, 6) is -0.388. The van der Waals surface area contributed by atoms with Gasteiger partial charge < -0.3 is 0 Å². The maximum atomic E-state index is 13.4. The lowest BCUT2D eigenvalue weighted by atomic mass is 10.0. The van der Waals surface area contributed by atoms with Gasteiger partial charge in [-0.05, 0) is 56.9 Å². The number of nitrogens with zero attached hydrogens (tertiary/aromatic N) is 4. The van der Waals surface area contributed by atoms with Crippen molar-refractivity contribution in [3.05, 3.63) is 71.3 Å². The highest BCUT2D eigenvalue weighted by molar-refractivity contribution is 8.24. The Morgan fingerprint density at radius 1 is 1.06 bits per heavy atom. The van der Waals surface area contributed by atoms with Crippen LogP contribution >= 0.6 is 10.8 Å². The molecule has 0 aromatic heterocycles. The molecule has 4 rings (SSSR count). The fourth-order valence-electron chi connectivity index (χ4n) is 4.74. The number of nitriles is 1. The summed E-state index contributed by atoms with van der Waals surface area (Å²) in [6.45, 7) is 7.91. The summed E-state index contributed by atoms with van der Waals surface area (Å²) >= 11 is 0. The number of carbonyl (C=O) groups excluding carboxylic acids is 1. The minimum atomic E-state index is -3.43. The molecule has 1 amide bonds. The summed E-state index contributed by atoms with van der Waals surface area (Å²) < 4.78 is 23.7. The SMILES string of the molecule is CC(C)(C)N1C(=O)C(=NC2CCN(Cc3ccc(C#N)cc3)CC2)C(c2ccccc2)S1(O)O. The van der Waals surface area contributed by atoms with E-state index in [1.165, 1.54) is 4.31 Å². The standard InChI is InChI=1S/C26H32N4O3S/c1-26(2,3)30-25(31)23(24(34(30,32)33)21-7-5-4-6-8-21)28-22-13-15-29(16-14-22)18-20-11-9-19(17-27)10-12-20/h4-12,22,24,32-33H,13-16,18H2,1-3H3. The molecule has 2 aromatic rings. The molecule has 34 heavy (non-hydrogen) atoms. The third kappa shape index (κ3) is 4.89. The van der Waals surface area contributed by atoms with Crippen molar-refractivity contribution < 1.29 is 13.9 Å². The number of likely N-dealkylation sites (tertiary alicyclic amines) is 1. The van der Waals surface area contributed by atoms with Gasteiger partial charge in [-0.2, -0.15) is 5.26 Å². The largest absolute Gasteiger partial charge is 0.299 e. The number of carbonyl (C=O) groups is 1. The highest BCUT2D eigenvalue weighted by Crippen LogP contribution is 2.64. The number of amides is 1. The summed E-state index contributed by atoms with van der Waals surface area (Å²) in [5, 5.41) is 8.12. The van der Waals surface area contributed by atoms with E-state index in [0.29, 0.717) is 11.1 Å². The molecule has 0 bridgehead atoms. The van der Waals surface area contributed by atoms with Crippen LogP contribution in [0.2, 0.25) is 0 Å². The van der Waals surface area contributed by atoms with Gasteiger partial charge in [-0.3, -0.25) is 23.8 Å². The normalized spacial score (nSPS) is 23.8. The molecule has 7 nitrogen and oxygen atoms in total. The summed E-state index contributed by atoms with van der Waals surface area (Å²) in [6, 6.07) is 18.9. The van der Waals surface area contributed by atoms with Gasteiger partial charge in [0.2, 0.25) is 0 Å². The van der Waals surface area contributed by atoms with Crippen molar-refractivity contribution in [2.75, 3.05) is 13.1 Å². The Morgan fingerprint density at radius 3 is 2.24 bits per heavy atom. The van der Waals surface area contributed by atoms with Gasteiger partial charge in [-0.25, -0.2) is 4.31 Å². The first-order valence-electron chi connectivity index (χ1n) is 11.6. The van der Waals surface area contributed by atoms with Crippen LogP contribution in [0.15, 0.2) is 59.6 Å². The zero-order chi connectivity index (χ0) is 24.5. The van der Waals surface area contributed by atoms with E-state index in [1.807, 2.05) is 75.4 Å². The van der Waals surface area contributed by atoms with Crippen LogP contribution in [0.3, 0.4) is 0 Å². The molecule has 0 aliphatic carbocycles. The fourth-order valence-corrected chi connectivity index (χ4v) is 7.08. The number of hydrogen-bond donors (Lipinski definition) is 2. The van der Waals surface area contributed by atoms with Crippen LogP contribution in [-0.4, -0.2) is 54.6 Å². The second-order valence-corrected chi connectivity index (χ2v) is 11.9. The predicted octanol–water partition coefficient (Wildman–Crippen LogP) is 5.01. The number of hydrogen-bond acceptors (Lipinski definition) is 6. The van der Waals surface area contributed by atoms with Crippen molar-refractivity contribution >= 4 is 22.4 Å². The van der Waals surface area contributed by atoms with E-state index in [1.54, 1.807) is 0 Å². The molecule has 2 aromatic carbocycles. The molecule has 2 saturated heterocycles. The second kappa shape index (κ2) is 9.51. The van der Waals surface area contributed by atoms with E-state index < -0.39 is 21.6 Å². The minimum absolute atomic E-state index is 0.0440. The van der Waals surface area contributed by atoms with Crippen LogP contribution in [0.4, 0.5) is 0 Å². The first-order chi connectivity index (χ1) is 16.1. The van der Waals surface area contributed by atoms with Gasteiger partial charge in [-0.1, -0.05) is 42.5 Å². The van der Waals surface area contributed by atoms with Crippen LogP contribution in [0, 0.1) is 11.3 Å². The molecule has 1 unspecified atom stereocenters. The number of rotatable bonds is 4.